The first-order valence-corrected chi connectivity index (χ1v) is 9.00. The molecule has 1 unspecified atom stereocenters. The molecule has 0 radical (unpaired) electrons. The third-order valence-corrected chi connectivity index (χ3v) is 4.86. The van der Waals surface area contributed by atoms with E-state index in [0.717, 1.165) is 42.3 Å². The fourth-order valence-corrected chi connectivity index (χ4v) is 3.53. The second-order valence-corrected chi connectivity index (χ2v) is 6.57. The normalized spacial score (nSPS) is 19.4. The molecule has 0 amide bonds. The summed E-state index contributed by atoms with van der Waals surface area (Å²) in [6.45, 7) is 2.12. The highest BCUT2D eigenvalue weighted by Gasteiger charge is 2.21. The number of nitrogens with zero attached hydrogens (tertiary/aromatic N) is 4. The van der Waals surface area contributed by atoms with Crippen LogP contribution < -0.4 is 15.8 Å². The Hall–Kier alpha value is -1.84. The van der Waals surface area contributed by atoms with Crippen molar-refractivity contribution in [2.24, 2.45) is 10.7 Å². The number of fused-ring (bicyclic) bond motifs is 2. The molecule has 1 atom stereocenters. The largest absolute Gasteiger partial charge is 0.493 e. The van der Waals surface area contributed by atoms with Crippen molar-refractivity contribution in [3.05, 3.63) is 41.5 Å². The highest BCUT2D eigenvalue weighted by molar-refractivity contribution is 14.0. The molecule has 26 heavy (non-hydrogen) atoms. The van der Waals surface area contributed by atoms with Gasteiger partial charge in [-0.3, -0.25) is 0 Å². The van der Waals surface area contributed by atoms with E-state index >= 15 is 0 Å². The fraction of sp³-hybridized carbons (Fsp3) is 0.500. The summed E-state index contributed by atoms with van der Waals surface area (Å²) in [5, 5.41) is 11.9. The van der Waals surface area contributed by atoms with Crippen molar-refractivity contribution < 1.29 is 4.74 Å². The summed E-state index contributed by atoms with van der Waals surface area (Å²) in [5.41, 5.74) is 7.25. The van der Waals surface area contributed by atoms with Gasteiger partial charge in [0, 0.05) is 24.9 Å². The molecule has 140 valence electrons. The smallest absolute Gasteiger partial charge is 0.189 e. The number of nitrogens with one attached hydrogen (secondary N) is 1. The average molecular weight is 468 g/mol. The molecule has 0 saturated heterocycles. The first kappa shape index (κ1) is 18.9. The number of aryl methyl sites for hydroxylation is 1. The first-order chi connectivity index (χ1) is 12.3. The Labute approximate surface area is 170 Å². The molecule has 8 heteroatoms. The lowest BCUT2D eigenvalue weighted by Crippen LogP contribution is -2.37. The van der Waals surface area contributed by atoms with Crippen LogP contribution in [-0.2, 0) is 19.5 Å². The van der Waals surface area contributed by atoms with Crippen LogP contribution in [-0.4, -0.2) is 27.3 Å². The van der Waals surface area contributed by atoms with Crippen molar-refractivity contribution in [3.63, 3.8) is 0 Å². The van der Waals surface area contributed by atoms with Crippen molar-refractivity contribution in [1.82, 2.24) is 20.1 Å². The van der Waals surface area contributed by atoms with E-state index in [1.165, 1.54) is 19.3 Å². The molecule has 0 aliphatic carbocycles. The number of hydrogen-bond donors (Lipinski definition) is 2. The topological polar surface area (TPSA) is 90.4 Å². The Kier molecular flexibility index (Phi) is 6.33. The number of guanidine groups is 1. The van der Waals surface area contributed by atoms with Crippen molar-refractivity contribution in [2.45, 2.75) is 51.2 Å². The molecule has 4 rings (SSSR count). The maximum absolute atomic E-state index is 6.13. The second-order valence-electron chi connectivity index (χ2n) is 6.57. The van der Waals surface area contributed by atoms with E-state index in [4.69, 9.17) is 10.5 Å². The van der Waals surface area contributed by atoms with Crippen LogP contribution in [0, 0.1) is 0 Å². The summed E-state index contributed by atoms with van der Waals surface area (Å²) in [6, 6.07) is 8.18. The predicted octanol–water partition coefficient (Wildman–Crippen LogP) is 2.55. The first-order valence-electron chi connectivity index (χ1n) is 9.00. The molecule has 3 heterocycles. The van der Waals surface area contributed by atoms with Crippen molar-refractivity contribution >= 4 is 29.9 Å². The van der Waals surface area contributed by atoms with Gasteiger partial charge in [0.2, 0.25) is 0 Å². The van der Waals surface area contributed by atoms with Crippen LogP contribution in [0.3, 0.4) is 0 Å². The van der Waals surface area contributed by atoms with Gasteiger partial charge < -0.3 is 20.4 Å². The van der Waals surface area contributed by atoms with Gasteiger partial charge in [0.05, 0.1) is 12.6 Å². The van der Waals surface area contributed by atoms with Gasteiger partial charge in [0.25, 0.3) is 0 Å². The lowest BCUT2D eigenvalue weighted by Gasteiger charge is -2.26. The minimum Gasteiger partial charge on any atom is -0.493 e. The van der Waals surface area contributed by atoms with Gasteiger partial charge >= 0.3 is 0 Å². The number of hydrogen-bond acceptors (Lipinski definition) is 4. The van der Waals surface area contributed by atoms with E-state index < -0.39 is 0 Å². The number of aromatic nitrogens is 3. The Bertz CT molecular complexity index is 775. The van der Waals surface area contributed by atoms with Crippen LogP contribution in [0.25, 0.3) is 0 Å². The molecule has 0 bridgehead atoms. The number of para-hydroxylation sites is 1. The summed E-state index contributed by atoms with van der Waals surface area (Å²) >= 11 is 0. The molecule has 0 spiro atoms. The molecule has 1 aromatic heterocycles. The zero-order valence-corrected chi connectivity index (χ0v) is 17.1. The third kappa shape index (κ3) is 4.11. The molecule has 2 aromatic rings. The van der Waals surface area contributed by atoms with Crippen LogP contribution in [0.1, 0.15) is 48.9 Å². The van der Waals surface area contributed by atoms with Crippen LogP contribution in [0.15, 0.2) is 29.3 Å². The van der Waals surface area contributed by atoms with E-state index in [-0.39, 0.29) is 30.0 Å². The third-order valence-electron chi connectivity index (χ3n) is 4.86. The van der Waals surface area contributed by atoms with E-state index in [9.17, 15) is 0 Å². The van der Waals surface area contributed by atoms with Gasteiger partial charge in [0.15, 0.2) is 11.8 Å². The Balaban J connectivity index is 0.00000196. The number of halogens is 1. The number of rotatable bonds is 3. The summed E-state index contributed by atoms with van der Waals surface area (Å²) in [4.78, 5) is 4.49. The second kappa shape index (κ2) is 8.70. The minimum atomic E-state index is 0. The molecule has 0 fully saturated rings. The zero-order valence-electron chi connectivity index (χ0n) is 14.7. The highest BCUT2D eigenvalue weighted by atomic mass is 127. The lowest BCUT2D eigenvalue weighted by atomic mass is 10.0. The SMILES string of the molecule is I.NC(=NCc1nnc2n1CCCCC2)NC1CCOc2ccccc21. The summed E-state index contributed by atoms with van der Waals surface area (Å²) in [6.07, 6.45) is 5.48. The average Bonchev–Trinajstić information content (AvgIpc) is 2.86. The van der Waals surface area contributed by atoms with Crippen molar-refractivity contribution in [2.75, 3.05) is 6.61 Å². The fourth-order valence-electron chi connectivity index (χ4n) is 3.53. The van der Waals surface area contributed by atoms with E-state index in [1.807, 2.05) is 18.2 Å². The number of benzene rings is 1. The molecule has 0 saturated carbocycles. The standard InChI is InChI=1S/C18H24N6O.HI/c19-18(21-14-9-11-25-15-7-4-3-6-13(14)15)20-12-17-23-22-16-8-2-1-5-10-24(16)17;/h3-4,6-7,14H,1-2,5,8-12H2,(H3,19,20,21);1H. The Morgan fingerprint density at radius 3 is 3.08 bits per heavy atom. The highest BCUT2D eigenvalue weighted by Crippen LogP contribution is 2.31. The maximum atomic E-state index is 6.13. The molecule has 2 aliphatic heterocycles. The number of aliphatic imine (C=N–C) groups is 1. The summed E-state index contributed by atoms with van der Waals surface area (Å²) in [7, 11) is 0. The van der Waals surface area contributed by atoms with E-state index in [2.05, 4.69) is 31.1 Å². The van der Waals surface area contributed by atoms with Gasteiger partial charge in [-0.15, -0.1) is 34.2 Å². The zero-order chi connectivity index (χ0) is 17.1. The van der Waals surface area contributed by atoms with Crippen LogP contribution in [0.4, 0.5) is 0 Å². The van der Waals surface area contributed by atoms with Crippen LogP contribution >= 0.6 is 24.0 Å². The Morgan fingerprint density at radius 2 is 2.15 bits per heavy atom. The molecular weight excluding hydrogens is 443 g/mol. The molecule has 7 nitrogen and oxygen atoms in total. The monoisotopic (exact) mass is 468 g/mol. The quantitative estimate of drug-likeness (QED) is 0.411. The van der Waals surface area contributed by atoms with E-state index in [1.54, 1.807) is 0 Å². The summed E-state index contributed by atoms with van der Waals surface area (Å²) < 4.78 is 7.89. The van der Waals surface area contributed by atoms with Crippen LogP contribution in [0.5, 0.6) is 5.75 Å². The van der Waals surface area contributed by atoms with Gasteiger partial charge in [-0.2, -0.15) is 0 Å². The number of ether oxygens (including phenoxy) is 1. The van der Waals surface area contributed by atoms with Gasteiger partial charge in [-0.25, -0.2) is 4.99 Å². The lowest BCUT2D eigenvalue weighted by molar-refractivity contribution is 0.262. The molecular formula is C18H25IN6O. The molecule has 2 aliphatic rings. The van der Waals surface area contributed by atoms with Crippen molar-refractivity contribution in [3.8, 4) is 5.75 Å². The predicted molar refractivity (Wildman–Crippen MR) is 111 cm³/mol. The molecule has 1 aromatic carbocycles. The van der Waals surface area contributed by atoms with Gasteiger partial charge in [-0.1, -0.05) is 24.6 Å². The van der Waals surface area contributed by atoms with Crippen LogP contribution in [0.2, 0.25) is 0 Å². The Morgan fingerprint density at radius 1 is 1.27 bits per heavy atom. The molecule has 3 N–H and O–H groups in total. The van der Waals surface area contributed by atoms with Gasteiger partial charge in [-0.05, 0) is 18.9 Å². The number of nitrogens with two attached hydrogens (primary N) is 1. The minimum absolute atomic E-state index is 0. The van der Waals surface area contributed by atoms with E-state index in [0.29, 0.717) is 19.1 Å². The van der Waals surface area contributed by atoms with Gasteiger partial charge in [0.1, 0.15) is 18.1 Å². The maximum Gasteiger partial charge on any atom is 0.189 e. The summed E-state index contributed by atoms with van der Waals surface area (Å²) in [5.74, 6) is 3.33. The van der Waals surface area contributed by atoms with Crippen molar-refractivity contribution in [1.29, 1.82) is 0 Å².